The minimum atomic E-state index is -0.757. The third-order valence-corrected chi connectivity index (χ3v) is 3.11. The molecule has 1 heterocycles. The van der Waals surface area contributed by atoms with Crippen molar-refractivity contribution in [2.24, 2.45) is 0 Å². The molecule has 4 heteroatoms. The Morgan fingerprint density at radius 2 is 1.58 bits per heavy atom. The standard InChI is InChI=1S/C15H10F2O2/c16-13-4-11(5-14(17)6-13)15(18)9-1-2-10-7-19-8-12(10)3-9/h1-6H,7-8H2. The summed E-state index contributed by atoms with van der Waals surface area (Å²) in [6, 6.07) is 7.99. The zero-order valence-electron chi connectivity index (χ0n) is 9.95. The Kier molecular flexibility index (Phi) is 2.87. The molecule has 0 atom stereocenters. The molecule has 2 aromatic rings. The van der Waals surface area contributed by atoms with E-state index in [0.717, 1.165) is 29.3 Å². The van der Waals surface area contributed by atoms with Crippen molar-refractivity contribution in [1.82, 2.24) is 0 Å². The van der Waals surface area contributed by atoms with Crippen LogP contribution in [-0.4, -0.2) is 5.78 Å². The maximum atomic E-state index is 13.1. The van der Waals surface area contributed by atoms with Crippen molar-refractivity contribution in [2.75, 3.05) is 0 Å². The van der Waals surface area contributed by atoms with E-state index in [0.29, 0.717) is 18.8 Å². The highest BCUT2D eigenvalue weighted by atomic mass is 19.1. The SMILES string of the molecule is O=C(c1cc(F)cc(F)c1)c1ccc2c(c1)COC2. The van der Waals surface area contributed by atoms with Crippen LogP contribution in [0, 0.1) is 11.6 Å². The summed E-state index contributed by atoms with van der Waals surface area (Å²) in [4.78, 5) is 12.2. The van der Waals surface area contributed by atoms with Gasteiger partial charge in [0, 0.05) is 17.2 Å². The summed E-state index contributed by atoms with van der Waals surface area (Å²) >= 11 is 0. The predicted molar refractivity (Wildman–Crippen MR) is 64.7 cm³/mol. The highest BCUT2D eigenvalue weighted by molar-refractivity contribution is 6.09. The summed E-state index contributed by atoms with van der Waals surface area (Å²) in [5, 5.41) is 0. The average Bonchev–Trinajstić information content (AvgIpc) is 2.83. The van der Waals surface area contributed by atoms with Gasteiger partial charge < -0.3 is 4.74 Å². The van der Waals surface area contributed by atoms with Crippen molar-refractivity contribution in [3.8, 4) is 0 Å². The molecule has 0 saturated heterocycles. The second-order valence-corrected chi connectivity index (χ2v) is 4.46. The van der Waals surface area contributed by atoms with Crippen LogP contribution in [0.15, 0.2) is 36.4 Å². The van der Waals surface area contributed by atoms with E-state index in [1.165, 1.54) is 0 Å². The minimum absolute atomic E-state index is 0.0105. The smallest absolute Gasteiger partial charge is 0.193 e. The van der Waals surface area contributed by atoms with Gasteiger partial charge in [0.05, 0.1) is 13.2 Å². The maximum absolute atomic E-state index is 13.1. The summed E-state index contributed by atoms with van der Waals surface area (Å²) in [6.07, 6.45) is 0. The van der Waals surface area contributed by atoms with Crippen LogP contribution in [-0.2, 0) is 18.0 Å². The molecule has 2 nitrogen and oxygen atoms in total. The molecule has 0 spiro atoms. The number of carbonyl (C=O) groups is 1. The third kappa shape index (κ3) is 2.27. The van der Waals surface area contributed by atoms with Gasteiger partial charge in [-0.3, -0.25) is 4.79 Å². The zero-order chi connectivity index (χ0) is 13.4. The lowest BCUT2D eigenvalue weighted by molar-refractivity contribution is 0.103. The van der Waals surface area contributed by atoms with E-state index in [1.807, 2.05) is 6.07 Å². The first-order valence-electron chi connectivity index (χ1n) is 5.84. The second kappa shape index (κ2) is 4.55. The molecule has 0 saturated carbocycles. The average molecular weight is 260 g/mol. The summed E-state index contributed by atoms with van der Waals surface area (Å²) in [5.41, 5.74) is 2.41. The Labute approximate surface area is 108 Å². The highest BCUT2D eigenvalue weighted by Gasteiger charge is 2.16. The number of carbonyl (C=O) groups excluding carboxylic acids is 1. The summed E-state index contributed by atoms with van der Waals surface area (Å²) in [6.45, 7) is 1.01. The summed E-state index contributed by atoms with van der Waals surface area (Å²) < 4.78 is 31.5. The third-order valence-electron chi connectivity index (χ3n) is 3.11. The summed E-state index contributed by atoms with van der Waals surface area (Å²) in [7, 11) is 0. The molecule has 0 fully saturated rings. The zero-order valence-corrected chi connectivity index (χ0v) is 9.95. The number of hydrogen-bond donors (Lipinski definition) is 0. The molecular weight excluding hydrogens is 250 g/mol. The van der Waals surface area contributed by atoms with E-state index in [9.17, 15) is 13.6 Å². The topological polar surface area (TPSA) is 26.3 Å². The van der Waals surface area contributed by atoms with Gasteiger partial charge in [-0.2, -0.15) is 0 Å². The van der Waals surface area contributed by atoms with Crippen molar-refractivity contribution >= 4 is 5.78 Å². The van der Waals surface area contributed by atoms with Crippen molar-refractivity contribution in [3.05, 3.63) is 70.3 Å². The predicted octanol–water partition coefficient (Wildman–Crippen LogP) is 3.23. The van der Waals surface area contributed by atoms with Gasteiger partial charge in [-0.1, -0.05) is 12.1 Å². The molecule has 0 aliphatic carbocycles. The van der Waals surface area contributed by atoms with Crippen molar-refractivity contribution in [2.45, 2.75) is 13.2 Å². The van der Waals surface area contributed by atoms with E-state index >= 15 is 0 Å². The lowest BCUT2D eigenvalue weighted by Gasteiger charge is -2.04. The van der Waals surface area contributed by atoms with E-state index in [1.54, 1.807) is 12.1 Å². The van der Waals surface area contributed by atoms with Gasteiger partial charge in [0.1, 0.15) is 11.6 Å². The molecular formula is C15H10F2O2. The van der Waals surface area contributed by atoms with Crippen LogP contribution in [0.25, 0.3) is 0 Å². The number of halogens is 2. The first-order chi connectivity index (χ1) is 9.13. The molecule has 1 aliphatic heterocycles. The number of ether oxygens (including phenoxy) is 1. The quantitative estimate of drug-likeness (QED) is 0.775. The van der Waals surface area contributed by atoms with Crippen LogP contribution in [0.3, 0.4) is 0 Å². The number of hydrogen-bond acceptors (Lipinski definition) is 2. The Hall–Kier alpha value is -2.07. The number of rotatable bonds is 2. The molecule has 19 heavy (non-hydrogen) atoms. The van der Waals surface area contributed by atoms with Crippen molar-refractivity contribution < 1.29 is 18.3 Å². The first-order valence-corrected chi connectivity index (χ1v) is 5.84. The molecule has 0 radical (unpaired) electrons. The normalized spacial score (nSPS) is 13.4. The number of benzene rings is 2. The largest absolute Gasteiger partial charge is 0.372 e. The van der Waals surface area contributed by atoms with Gasteiger partial charge in [-0.05, 0) is 29.3 Å². The maximum Gasteiger partial charge on any atom is 0.193 e. The van der Waals surface area contributed by atoms with E-state index in [2.05, 4.69) is 0 Å². The molecule has 96 valence electrons. The van der Waals surface area contributed by atoms with Crippen LogP contribution in [0.4, 0.5) is 8.78 Å². The molecule has 0 unspecified atom stereocenters. The minimum Gasteiger partial charge on any atom is -0.372 e. The van der Waals surface area contributed by atoms with Crippen LogP contribution in [0.5, 0.6) is 0 Å². The van der Waals surface area contributed by atoms with Crippen molar-refractivity contribution in [1.29, 1.82) is 0 Å². The molecule has 3 rings (SSSR count). The van der Waals surface area contributed by atoms with Crippen LogP contribution in [0.1, 0.15) is 27.0 Å². The second-order valence-electron chi connectivity index (χ2n) is 4.46. The lowest BCUT2D eigenvalue weighted by Crippen LogP contribution is -2.03. The monoisotopic (exact) mass is 260 g/mol. The highest BCUT2D eigenvalue weighted by Crippen LogP contribution is 2.22. The Bertz CT molecular complexity index is 645. The van der Waals surface area contributed by atoms with Gasteiger partial charge in [0.2, 0.25) is 0 Å². The van der Waals surface area contributed by atoms with Crippen LogP contribution in [0.2, 0.25) is 0 Å². The summed E-state index contributed by atoms with van der Waals surface area (Å²) in [5.74, 6) is -1.91. The van der Waals surface area contributed by atoms with E-state index in [4.69, 9.17) is 4.74 Å². The molecule has 0 bridgehead atoms. The van der Waals surface area contributed by atoms with Crippen LogP contribution >= 0.6 is 0 Å². The van der Waals surface area contributed by atoms with Crippen LogP contribution < -0.4 is 0 Å². The fourth-order valence-corrected chi connectivity index (χ4v) is 2.16. The lowest BCUT2D eigenvalue weighted by atomic mass is 9.99. The fourth-order valence-electron chi connectivity index (χ4n) is 2.16. The molecule has 0 N–H and O–H groups in total. The molecule has 2 aromatic carbocycles. The Morgan fingerprint density at radius 1 is 0.895 bits per heavy atom. The van der Waals surface area contributed by atoms with Crippen molar-refractivity contribution in [3.63, 3.8) is 0 Å². The van der Waals surface area contributed by atoms with E-state index in [-0.39, 0.29) is 5.56 Å². The van der Waals surface area contributed by atoms with E-state index < -0.39 is 17.4 Å². The van der Waals surface area contributed by atoms with Gasteiger partial charge >= 0.3 is 0 Å². The number of fused-ring (bicyclic) bond motifs is 1. The van der Waals surface area contributed by atoms with Gasteiger partial charge in [0.25, 0.3) is 0 Å². The Balaban J connectivity index is 1.99. The Morgan fingerprint density at radius 3 is 2.32 bits per heavy atom. The van der Waals surface area contributed by atoms with Gasteiger partial charge in [0.15, 0.2) is 5.78 Å². The molecule has 0 amide bonds. The van der Waals surface area contributed by atoms with Gasteiger partial charge in [-0.25, -0.2) is 8.78 Å². The number of ketones is 1. The molecule has 0 aromatic heterocycles. The fraction of sp³-hybridized carbons (Fsp3) is 0.133. The molecule has 1 aliphatic rings. The first kappa shape index (κ1) is 12.0. The van der Waals surface area contributed by atoms with Gasteiger partial charge in [-0.15, -0.1) is 0 Å².